The topological polar surface area (TPSA) is 70.7 Å². The Morgan fingerprint density at radius 1 is 1.12 bits per heavy atom. The molecule has 0 unspecified atom stereocenters. The van der Waals surface area contributed by atoms with Gasteiger partial charge in [-0.3, -0.25) is 9.59 Å². The van der Waals surface area contributed by atoms with Crippen molar-refractivity contribution < 1.29 is 14.3 Å². The monoisotopic (exact) mass is 353 g/mol. The molecule has 0 radical (unpaired) electrons. The number of carbonyl (C=O) groups is 2. The van der Waals surface area contributed by atoms with Crippen LogP contribution in [0.2, 0.25) is 0 Å². The molecule has 0 aromatic heterocycles. The van der Waals surface area contributed by atoms with Gasteiger partial charge in [-0.2, -0.15) is 0 Å². The summed E-state index contributed by atoms with van der Waals surface area (Å²) in [6.45, 7) is 2.09. The zero-order valence-electron chi connectivity index (χ0n) is 14.8. The number of amides is 2. The zero-order valence-corrected chi connectivity index (χ0v) is 14.8. The Kier molecular flexibility index (Phi) is 5.99. The van der Waals surface area contributed by atoms with E-state index in [1.165, 1.54) is 5.56 Å². The number of fused-ring (bicyclic) bond motifs is 1. The smallest absolute Gasteiger partial charge is 0.258 e. The van der Waals surface area contributed by atoms with Gasteiger partial charge in [0.15, 0.2) is 0 Å². The summed E-state index contributed by atoms with van der Waals surface area (Å²) in [6.07, 6.45) is 0.881. The summed E-state index contributed by atoms with van der Waals surface area (Å²) in [5.41, 5.74) is 3.46. The first-order chi connectivity index (χ1) is 12.7. The lowest BCUT2D eigenvalue weighted by atomic mass is 10.1. The van der Waals surface area contributed by atoms with Gasteiger partial charge in [-0.1, -0.05) is 18.2 Å². The highest BCUT2D eigenvalue weighted by Crippen LogP contribution is 2.29. The molecule has 1 aliphatic heterocycles. The molecule has 6 nitrogen and oxygen atoms in total. The number of hydrogen-bond donors (Lipinski definition) is 2. The standard InChI is InChI=1S/C20H23N3O3/c1-26-13-11-21-14-19(24)22-17-8-6-16(7-9-17)20(25)23-12-10-15-4-2-3-5-18(15)23/h2-9,21H,10-14H2,1H3,(H,22,24). The lowest BCUT2D eigenvalue weighted by Gasteiger charge is -2.17. The van der Waals surface area contributed by atoms with Crippen LogP contribution in [0.25, 0.3) is 0 Å². The molecule has 2 amide bonds. The van der Waals surface area contributed by atoms with E-state index in [0.717, 1.165) is 12.1 Å². The Bertz CT molecular complexity index is 774. The zero-order chi connectivity index (χ0) is 18.4. The number of carbonyl (C=O) groups excluding carboxylic acids is 2. The number of para-hydroxylation sites is 1. The quantitative estimate of drug-likeness (QED) is 0.748. The molecular weight excluding hydrogens is 330 g/mol. The first-order valence-corrected chi connectivity index (χ1v) is 8.68. The van der Waals surface area contributed by atoms with Crippen LogP contribution in [0.15, 0.2) is 48.5 Å². The molecule has 1 heterocycles. The highest BCUT2D eigenvalue weighted by molar-refractivity contribution is 6.07. The summed E-state index contributed by atoms with van der Waals surface area (Å²) >= 11 is 0. The summed E-state index contributed by atoms with van der Waals surface area (Å²) in [5.74, 6) is -0.150. The van der Waals surface area contributed by atoms with Crippen molar-refractivity contribution in [2.24, 2.45) is 0 Å². The van der Waals surface area contributed by atoms with Crippen LogP contribution in [0.1, 0.15) is 15.9 Å². The van der Waals surface area contributed by atoms with E-state index in [1.807, 2.05) is 23.1 Å². The van der Waals surface area contributed by atoms with E-state index in [0.29, 0.717) is 30.9 Å². The Labute approximate surface area is 153 Å². The molecule has 26 heavy (non-hydrogen) atoms. The van der Waals surface area contributed by atoms with Gasteiger partial charge in [0.05, 0.1) is 13.2 Å². The number of rotatable bonds is 7. The number of nitrogens with one attached hydrogen (secondary N) is 2. The van der Waals surface area contributed by atoms with Crippen LogP contribution in [0, 0.1) is 0 Å². The van der Waals surface area contributed by atoms with Crippen LogP contribution < -0.4 is 15.5 Å². The van der Waals surface area contributed by atoms with E-state index < -0.39 is 0 Å². The predicted molar refractivity (Wildman–Crippen MR) is 102 cm³/mol. The summed E-state index contributed by atoms with van der Waals surface area (Å²) in [7, 11) is 1.62. The minimum atomic E-state index is -0.131. The molecule has 136 valence electrons. The van der Waals surface area contributed by atoms with E-state index in [4.69, 9.17) is 4.74 Å². The second kappa shape index (κ2) is 8.60. The number of methoxy groups -OCH3 is 1. The predicted octanol–water partition coefficient (Wildman–Crippen LogP) is 2.06. The Hall–Kier alpha value is -2.70. The summed E-state index contributed by atoms with van der Waals surface area (Å²) in [4.78, 5) is 26.4. The van der Waals surface area contributed by atoms with Crippen LogP contribution in [0.3, 0.4) is 0 Å². The van der Waals surface area contributed by atoms with Gasteiger partial charge in [-0.05, 0) is 42.3 Å². The number of anilines is 2. The van der Waals surface area contributed by atoms with Crippen LogP contribution in [0.5, 0.6) is 0 Å². The van der Waals surface area contributed by atoms with Gasteiger partial charge < -0.3 is 20.3 Å². The molecule has 0 atom stereocenters. The van der Waals surface area contributed by atoms with Crippen molar-refractivity contribution in [3.63, 3.8) is 0 Å². The molecular formula is C20H23N3O3. The summed E-state index contributed by atoms with van der Waals surface area (Å²) in [5, 5.41) is 5.79. The van der Waals surface area contributed by atoms with Crippen molar-refractivity contribution in [1.29, 1.82) is 0 Å². The highest BCUT2D eigenvalue weighted by atomic mass is 16.5. The Morgan fingerprint density at radius 3 is 2.65 bits per heavy atom. The maximum Gasteiger partial charge on any atom is 0.258 e. The minimum absolute atomic E-state index is 0.0194. The normalized spacial score (nSPS) is 12.7. The van der Waals surface area contributed by atoms with Crippen molar-refractivity contribution in [3.8, 4) is 0 Å². The molecule has 2 aromatic rings. The van der Waals surface area contributed by atoms with Gasteiger partial charge >= 0.3 is 0 Å². The molecule has 0 saturated carbocycles. The van der Waals surface area contributed by atoms with Gasteiger partial charge in [0.25, 0.3) is 5.91 Å². The van der Waals surface area contributed by atoms with Crippen LogP contribution >= 0.6 is 0 Å². The molecule has 0 saturated heterocycles. The third kappa shape index (κ3) is 4.28. The number of nitrogens with zero attached hydrogens (tertiary/aromatic N) is 1. The average molecular weight is 353 g/mol. The van der Waals surface area contributed by atoms with E-state index in [9.17, 15) is 9.59 Å². The fraction of sp³-hybridized carbons (Fsp3) is 0.300. The lowest BCUT2D eigenvalue weighted by molar-refractivity contribution is -0.115. The second-order valence-corrected chi connectivity index (χ2v) is 6.13. The molecule has 0 aliphatic carbocycles. The van der Waals surface area contributed by atoms with Gasteiger partial charge in [0.1, 0.15) is 0 Å². The highest BCUT2D eigenvalue weighted by Gasteiger charge is 2.24. The fourth-order valence-electron chi connectivity index (χ4n) is 2.98. The number of ether oxygens (including phenoxy) is 1. The van der Waals surface area contributed by atoms with E-state index in [-0.39, 0.29) is 18.4 Å². The van der Waals surface area contributed by atoms with Gasteiger partial charge in [0.2, 0.25) is 5.91 Å². The minimum Gasteiger partial charge on any atom is -0.383 e. The Morgan fingerprint density at radius 2 is 1.88 bits per heavy atom. The SMILES string of the molecule is COCCNCC(=O)Nc1ccc(C(=O)N2CCc3ccccc32)cc1. The average Bonchev–Trinajstić information content (AvgIpc) is 3.09. The van der Waals surface area contributed by atoms with Crippen molar-refractivity contribution in [1.82, 2.24) is 5.32 Å². The van der Waals surface area contributed by atoms with E-state index in [2.05, 4.69) is 16.7 Å². The second-order valence-electron chi connectivity index (χ2n) is 6.13. The fourth-order valence-corrected chi connectivity index (χ4v) is 2.98. The number of hydrogen-bond acceptors (Lipinski definition) is 4. The van der Waals surface area contributed by atoms with Crippen molar-refractivity contribution in [3.05, 3.63) is 59.7 Å². The molecule has 0 fully saturated rings. The van der Waals surface area contributed by atoms with Crippen molar-refractivity contribution in [2.45, 2.75) is 6.42 Å². The van der Waals surface area contributed by atoms with Crippen LogP contribution in [-0.4, -0.2) is 45.2 Å². The molecule has 2 N–H and O–H groups in total. The van der Waals surface area contributed by atoms with E-state index >= 15 is 0 Å². The third-order valence-corrected chi connectivity index (χ3v) is 4.32. The Balaban J connectivity index is 1.58. The summed E-state index contributed by atoms with van der Waals surface area (Å²) < 4.78 is 4.91. The van der Waals surface area contributed by atoms with Gasteiger partial charge in [-0.15, -0.1) is 0 Å². The summed E-state index contributed by atoms with van der Waals surface area (Å²) in [6, 6.07) is 15.0. The van der Waals surface area contributed by atoms with Gasteiger partial charge in [0, 0.05) is 37.1 Å². The molecule has 0 spiro atoms. The molecule has 6 heteroatoms. The van der Waals surface area contributed by atoms with E-state index in [1.54, 1.807) is 31.4 Å². The largest absolute Gasteiger partial charge is 0.383 e. The third-order valence-electron chi connectivity index (χ3n) is 4.32. The van der Waals surface area contributed by atoms with Crippen LogP contribution in [-0.2, 0) is 16.0 Å². The first kappa shape index (κ1) is 18.1. The van der Waals surface area contributed by atoms with Crippen molar-refractivity contribution in [2.75, 3.05) is 43.6 Å². The molecule has 0 bridgehead atoms. The maximum absolute atomic E-state index is 12.8. The van der Waals surface area contributed by atoms with Crippen molar-refractivity contribution >= 4 is 23.2 Å². The molecule has 2 aromatic carbocycles. The maximum atomic E-state index is 12.8. The lowest BCUT2D eigenvalue weighted by Crippen LogP contribution is -2.30. The number of benzene rings is 2. The molecule has 1 aliphatic rings. The molecule has 3 rings (SSSR count). The van der Waals surface area contributed by atoms with Crippen LogP contribution in [0.4, 0.5) is 11.4 Å². The van der Waals surface area contributed by atoms with Gasteiger partial charge in [-0.25, -0.2) is 0 Å². The first-order valence-electron chi connectivity index (χ1n) is 8.68.